The van der Waals surface area contributed by atoms with Crippen LogP contribution in [0.4, 0.5) is 0 Å². The second-order valence-corrected chi connectivity index (χ2v) is 6.16. The van der Waals surface area contributed by atoms with Crippen LogP contribution in [0.1, 0.15) is 22.8 Å². The highest BCUT2D eigenvalue weighted by Gasteiger charge is 2.20. The van der Waals surface area contributed by atoms with E-state index in [1.165, 1.54) is 10.3 Å². The van der Waals surface area contributed by atoms with Crippen LogP contribution in [0, 0.1) is 0 Å². The minimum Gasteiger partial charge on any atom is -0.508 e. The quantitative estimate of drug-likeness (QED) is 0.734. The first-order chi connectivity index (χ1) is 10.3. The van der Waals surface area contributed by atoms with Gasteiger partial charge in [0.25, 0.3) is 0 Å². The lowest BCUT2D eigenvalue weighted by atomic mass is 9.89. The van der Waals surface area contributed by atoms with Crippen molar-refractivity contribution in [3.8, 4) is 5.75 Å². The Morgan fingerprint density at radius 2 is 1.95 bits per heavy atom. The van der Waals surface area contributed by atoms with Gasteiger partial charge in [0.2, 0.25) is 0 Å². The summed E-state index contributed by atoms with van der Waals surface area (Å²) < 4.78 is 0. The Bertz CT molecular complexity index is 721. The molecule has 3 aromatic rings. The predicted octanol–water partition coefficient (Wildman–Crippen LogP) is 4.35. The van der Waals surface area contributed by atoms with Gasteiger partial charge in [-0.15, -0.1) is 11.3 Å². The molecule has 2 aromatic carbocycles. The van der Waals surface area contributed by atoms with Gasteiger partial charge in [-0.05, 0) is 48.3 Å². The monoisotopic (exact) mass is 297 g/mol. The molecule has 0 spiro atoms. The van der Waals surface area contributed by atoms with E-state index in [4.69, 9.17) is 0 Å². The summed E-state index contributed by atoms with van der Waals surface area (Å²) in [5.74, 6) is 0.617. The van der Waals surface area contributed by atoms with Gasteiger partial charge >= 0.3 is 0 Å². The highest BCUT2D eigenvalue weighted by atomic mass is 32.1. The van der Waals surface area contributed by atoms with E-state index in [0.29, 0.717) is 5.75 Å². The van der Waals surface area contributed by atoms with Crippen LogP contribution in [-0.2, 0) is 0 Å². The molecule has 108 valence electrons. The largest absolute Gasteiger partial charge is 0.508 e. The van der Waals surface area contributed by atoms with E-state index in [2.05, 4.69) is 35.0 Å². The Balaban J connectivity index is 2.16. The van der Waals surface area contributed by atoms with Crippen molar-refractivity contribution in [1.82, 2.24) is 5.32 Å². The summed E-state index contributed by atoms with van der Waals surface area (Å²) in [7, 11) is 1.97. The smallest absolute Gasteiger partial charge is 0.120 e. The molecule has 0 saturated heterocycles. The molecule has 21 heavy (non-hydrogen) atoms. The first-order valence-electron chi connectivity index (χ1n) is 7.20. The maximum absolute atomic E-state index is 10.5. The Hall–Kier alpha value is -1.84. The summed E-state index contributed by atoms with van der Waals surface area (Å²) in [6.45, 7) is 0.922. The van der Waals surface area contributed by atoms with Gasteiger partial charge < -0.3 is 10.4 Å². The van der Waals surface area contributed by atoms with Crippen molar-refractivity contribution < 1.29 is 5.11 Å². The van der Waals surface area contributed by atoms with Gasteiger partial charge in [0, 0.05) is 16.4 Å². The van der Waals surface area contributed by atoms with Gasteiger partial charge in [-0.3, -0.25) is 0 Å². The second kappa shape index (κ2) is 6.29. The van der Waals surface area contributed by atoms with Crippen molar-refractivity contribution in [2.75, 3.05) is 13.6 Å². The number of rotatable bonds is 5. The summed E-state index contributed by atoms with van der Waals surface area (Å²) in [5, 5.41) is 18.1. The third-order valence-corrected chi connectivity index (χ3v) is 4.85. The second-order valence-electron chi connectivity index (χ2n) is 5.18. The third-order valence-electron chi connectivity index (χ3n) is 3.87. The number of benzene rings is 2. The molecule has 0 unspecified atom stereocenters. The number of aromatic hydroxyl groups is 1. The maximum atomic E-state index is 10.5. The number of phenols is 1. The van der Waals surface area contributed by atoms with Crippen LogP contribution in [0.15, 0.2) is 53.9 Å². The highest BCUT2D eigenvalue weighted by Crippen LogP contribution is 2.40. The Morgan fingerprint density at radius 3 is 2.71 bits per heavy atom. The Morgan fingerprint density at radius 1 is 1.10 bits per heavy atom. The van der Waals surface area contributed by atoms with Gasteiger partial charge in [-0.2, -0.15) is 0 Å². The summed E-state index contributed by atoms with van der Waals surface area (Å²) in [6, 6.07) is 16.3. The minimum absolute atomic E-state index is 0.226. The molecule has 1 aromatic heterocycles. The Kier molecular flexibility index (Phi) is 4.23. The minimum atomic E-state index is 0.226. The van der Waals surface area contributed by atoms with E-state index < -0.39 is 0 Å². The third kappa shape index (κ3) is 2.80. The summed E-state index contributed by atoms with van der Waals surface area (Å²) in [5.41, 5.74) is 1.05. The fraction of sp³-hybridized carbons (Fsp3) is 0.222. The molecule has 3 rings (SSSR count). The van der Waals surface area contributed by atoms with E-state index in [9.17, 15) is 5.11 Å². The molecule has 0 aliphatic carbocycles. The van der Waals surface area contributed by atoms with Gasteiger partial charge in [0.05, 0.1) is 0 Å². The fourth-order valence-electron chi connectivity index (χ4n) is 2.86. The van der Waals surface area contributed by atoms with Crippen molar-refractivity contribution in [2.24, 2.45) is 0 Å². The standard InChI is InChI=1S/C18H19NOS/c1-19-11-10-15(17-7-4-12-21-17)18-14-6-3-2-5-13(14)8-9-16(18)20/h2-9,12,15,19-20H,10-11H2,1H3/t15-/m1/s1. The van der Waals surface area contributed by atoms with E-state index in [-0.39, 0.29) is 5.92 Å². The van der Waals surface area contributed by atoms with E-state index in [1.54, 1.807) is 11.3 Å². The molecule has 0 saturated carbocycles. The topological polar surface area (TPSA) is 32.3 Å². The van der Waals surface area contributed by atoms with Crippen molar-refractivity contribution >= 4 is 22.1 Å². The first kappa shape index (κ1) is 14.1. The fourth-order valence-corrected chi connectivity index (χ4v) is 3.73. The van der Waals surface area contributed by atoms with Crippen molar-refractivity contribution in [2.45, 2.75) is 12.3 Å². The van der Waals surface area contributed by atoms with Crippen molar-refractivity contribution in [1.29, 1.82) is 0 Å². The molecule has 2 N–H and O–H groups in total. The van der Waals surface area contributed by atoms with Crippen LogP contribution in [0.3, 0.4) is 0 Å². The zero-order valence-electron chi connectivity index (χ0n) is 12.0. The zero-order valence-corrected chi connectivity index (χ0v) is 12.9. The molecule has 0 aliphatic heterocycles. The average Bonchev–Trinajstić information content (AvgIpc) is 3.03. The summed E-state index contributed by atoms with van der Waals surface area (Å²) >= 11 is 1.75. The first-order valence-corrected chi connectivity index (χ1v) is 8.08. The maximum Gasteiger partial charge on any atom is 0.120 e. The molecular formula is C18H19NOS. The van der Waals surface area contributed by atoms with E-state index in [1.807, 2.05) is 31.3 Å². The van der Waals surface area contributed by atoms with Crippen LogP contribution in [-0.4, -0.2) is 18.7 Å². The average molecular weight is 297 g/mol. The molecule has 3 heteroatoms. The SMILES string of the molecule is CNCC[C@H](c1cccs1)c1c(O)ccc2ccccc12. The molecule has 0 bridgehead atoms. The van der Waals surface area contributed by atoms with Crippen LogP contribution >= 0.6 is 11.3 Å². The normalized spacial score (nSPS) is 12.6. The molecule has 0 amide bonds. The number of fused-ring (bicyclic) bond motifs is 1. The van der Waals surface area contributed by atoms with Gasteiger partial charge in [-0.25, -0.2) is 0 Å². The highest BCUT2D eigenvalue weighted by molar-refractivity contribution is 7.10. The number of hydrogen-bond acceptors (Lipinski definition) is 3. The molecule has 2 nitrogen and oxygen atoms in total. The molecular weight excluding hydrogens is 278 g/mol. The molecule has 0 aliphatic rings. The van der Waals surface area contributed by atoms with E-state index in [0.717, 1.165) is 23.9 Å². The predicted molar refractivity (Wildman–Crippen MR) is 90.3 cm³/mol. The molecule has 0 fully saturated rings. The van der Waals surface area contributed by atoms with Gasteiger partial charge in [-0.1, -0.05) is 36.4 Å². The lowest BCUT2D eigenvalue weighted by Gasteiger charge is -2.19. The number of phenolic OH excluding ortho intramolecular Hbond substituents is 1. The van der Waals surface area contributed by atoms with Crippen LogP contribution < -0.4 is 5.32 Å². The number of nitrogens with one attached hydrogen (secondary N) is 1. The lowest BCUT2D eigenvalue weighted by molar-refractivity contribution is 0.464. The number of hydrogen-bond donors (Lipinski definition) is 2. The molecule has 1 heterocycles. The van der Waals surface area contributed by atoms with Gasteiger partial charge in [0.15, 0.2) is 0 Å². The van der Waals surface area contributed by atoms with Crippen LogP contribution in [0.2, 0.25) is 0 Å². The lowest BCUT2D eigenvalue weighted by Crippen LogP contribution is -2.13. The molecule has 0 radical (unpaired) electrons. The summed E-state index contributed by atoms with van der Waals surface area (Å²) in [4.78, 5) is 1.30. The molecule has 1 atom stereocenters. The van der Waals surface area contributed by atoms with Gasteiger partial charge in [0.1, 0.15) is 5.75 Å². The van der Waals surface area contributed by atoms with E-state index >= 15 is 0 Å². The van der Waals surface area contributed by atoms with Crippen molar-refractivity contribution in [3.05, 3.63) is 64.4 Å². The van der Waals surface area contributed by atoms with Crippen LogP contribution in [0.25, 0.3) is 10.8 Å². The zero-order chi connectivity index (χ0) is 14.7. The van der Waals surface area contributed by atoms with Crippen LogP contribution in [0.5, 0.6) is 5.75 Å². The summed E-state index contributed by atoms with van der Waals surface area (Å²) in [6.07, 6.45) is 0.971. The van der Waals surface area contributed by atoms with Crippen molar-refractivity contribution in [3.63, 3.8) is 0 Å². The number of thiophene rings is 1. The Labute approximate surface area is 129 Å².